The minimum Gasteiger partial charge on any atom is -0.497 e. The van der Waals surface area contributed by atoms with Crippen LogP contribution in [0.2, 0.25) is 0 Å². The van der Waals surface area contributed by atoms with Crippen LogP contribution in [0, 0.1) is 0 Å². The molecule has 28 heavy (non-hydrogen) atoms. The number of aliphatic imine (C=N–C) groups is 1. The van der Waals surface area contributed by atoms with Crippen molar-refractivity contribution >= 4 is 5.96 Å². The number of guanidine groups is 1. The molecule has 0 spiro atoms. The summed E-state index contributed by atoms with van der Waals surface area (Å²) in [5, 5.41) is 6.83. The average molecular weight is 381 g/mol. The van der Waals surface area contributed by atoms with E-state index >= 15 is 0 Å². The number of nitrogens with zero attached hydrogens (tertiary/aromatic N) is 2. The van der Waals surface area contributed by atoms with Crippen LogP contribution in [-0.4, -0.2) is 38.1 Å². The molecule has 1 saturated heterocycles. The van der Waals surface area contributed by atoms with Crippen molar-refractivity contribution in [3.63, 3.8) is 0 Å². The zero-order chi connectivity index (χ0) is 19.6. The summed E-state index contributed by atoms with van der Waals surface area (Å²) in [5.74, 6) is 1.67. The first-order chi connectivity index (χ1) is 13.8. The van der Waals surface area contributed by atoms with Gasteiger partial charge in [-0.15, -0.1) is 0 Å². The molecule has 0 atom stereocenters. The molecule has 2 aromatic rings. The standard InChI is InChI=1S/C23H32N4O/c1-24-23(25-16-19-9-8-12-22(15-19)28-2)26-17-20-10-4-5-11-21(20)18-27-13-6-3-7-14-27/h4-5,8-12,15H,3,6-7,13-14,16-18H2,1-2H3,(H2,24,25,26). The minimum atomic E-state index is 0.701. The lowest BCUT2D eigenvalue weighted by atomic mass is 10.0. The van der Waals surface area contributed by atoms with E-state index in [0.29, 0.717) is 6.54 Å². The third-order valence-electron chi connectivity index (χ3n) is 5.23. The second-order valence-electron chi connectivity index (χ2n) is 7.24. The highest BCUT2D eigenvalue weighted by molar-refractivity contribution is 5.79. The molecule has 0 radical (unpaired) electrons. The van der Waals surface area contributed by atoms with Crippen LogP contribution >= 0.6 is 0 Å². The molecule has 1 fully saturated rings. The van der Waals surface area contributed by atoms with Crippen molar-refractivity contribution in [2.24, 2.45) is 4.99 Å². The van der Waals surface area contributed by atoms with Gasteiger partial charge < -0.3 is 15.4 Å². The van der Waals surface area contributed by atoms with Crippen LogP contribution in [0.15, 0.2) is 53.5 Å². The molecule has 0 unspecified atom stereocenters. The quantitative estimate of drug-likeness (QED) is 0.570. The molecule has 5 nitrogen and oxygen atoms in total. The van der Waals surface area contributed by atoms with Crippen LogP contribution in [0.3, 0.4) is 0 Å². The Morgan fingerprint density at radius 1 is 0.964 bits per heavy atom. The second kappa shape index (κ2) is 10.7. The highest BCUT2D eigenvalue weighted by Gasteiger charge is 2.12. The van der Waals surface area contributed by atoms with Crippen molar-refractivity contribution < 1.29 is 4.74 Å². The Balaban J connectivity index is 1.54. The van der Waals surface area contributed by atoms with Crippen molar-refractivity contribution in [2.45, 2.75) is 38.9 Å². The van der Waals surface area contributed by atoms with E-state index in [-0.39, 0.29) is 0 Å². The van der Waals surface area contributed by atoms with Gasteiger partial charge in [0, 0.05) is 26.7 Å². The molecule has 2 aromatic carbocycles. The number of ether oxygens (including phenoxy) is 1. The van der Waals surface area contributed by atoms with E-state index in [1.807, 2.05) is 18.2 Å². The molecule has 2 N–H and O–H groups in total. The molecule has 0 aromatic heterocycles. The SMILES string of the molecule is CN=C(NCc1cccc(OC)c1)NCc1ccccc1CN1CCCCC1. The Morgan fingerprint density at radius 2 is 1.71 bits per heavy atom. The second-order valence-corrected chi connectivity index (χ2v) is 7.24. The van der Waals surface area contributed by atoms with Gasteiger partial charge in [0.25, 0.3) is 0 Å². The predicted molar refractivity (Wildman–Crippen MR) is 116 cm³/mol. The maximum absolute atomic E-state index is 5.29. The van der Waals surface area contributed by atoms with Gasteiger partial charge in [0.15, 0.2) is 5.96 Å². The number of piperidine rings is 1. The van der Waals surface area contributed by atoms with E-state index in [2.05, 4.69) is 50.9 Å². The van der Waals surface area contributed by atoms with E-state index in [9.17, 15) is 0 Å². The molecule has 1 aliphatic heterocycles. The summed E-state index contributed by atoms with van der Waals surface area (Å²) in [7, 11) is 3.49. The van der Waals surface area contributed by atoms with Crippen LogP contribution < -0.4 is 15.4 Å². The zero-order valence-corrected chi connectivity index (χ0v) is 17.1. The Kier molecular flexibility index (Phi) is 7.73. The Morgan fingerprint density at radius 3 is 2.46 bits per heavy atom. The average Bonchev–Trinajstić information content (AvgIpc) is 2.76. The molecule has 0 aliphatic carbocycles. The van der Waals surface area contributed by atoms with Gasteiger partial charge in [-0.05, 0) is 54.8 Å². The van der Waals surface area contributed by atoms with Gasteiger partial charge in [0.05, 0.1) is 7.11 Å². The molecular weight excluding hydrogens is 348 g/mol. The van der Waals surface area contributed by atoms with Gasteiger partial charge in [0.1, 0.15) is 5.75 Å². The summed E-state index contributed by atoms with van der Waals surface area (Å²) in [6, 6.07) is 16.8. The van der Waals surface area contributed by atoms with Crippen LogP contribution in [-0.2, 0) is 19.6 Å². The third-order valence-corrected chi connectivity index (χ3v) is 5.23. The molecule has 0 saturated carbocycles. The van der Waals surface area contributed by atoms with E-state index in [1.54, 1.807) is 14.2 Å². The fraction of sp³-hybridized carbons (Fsp3) is 0.435. The first kappa shape index (κ1) is 20.2. The summed E-state index contributed by atoms with van der Waals surface area (Å²) >= 11 is 0. The van der Waals surface area contributed by atoms with Gasteiger partial charge in [0.2, 0.25) is 0 Å². The molecule has 5 heteroatoms. The highest BCUT2D eigenvalue weighted by Crippen LogP contribution is 2.16. The molecular formula is C23H32N4O. The van der Waals surface area contributed by atoms with E-state index in [0.717, 1.165) is 30.4 Å². The van der Waals surface area contributed by atoms with E-state index in [1.165, 1.54) is 43.5 Å². The van der Waals surface area contributed by atoms with Crippen LogP contribution in [0.5, 0.6) is 5.75 Å². The fourth-order valence-electron chi connectivity index (χ4n) is 3.61. The molecule has 0 amide bonds. The largest absolute Gasteiger partial charge is 0.497 e. The van der Waals surface area contributed by atoms with Crippen LogP contribution in [0.4, 0.5) is 0 Å². The maximum atomic E-state index is 5.29. The number of rotatable bonds is 7. The number of hydrogen-bond donors (Lipinski definition) is 2. The van der Waals surface area contributed by atoms with Crippen molar-refractivity contribution in [3.8, 4) is 5.75 Å². The maximum Gasteiger partial charge on any atom is 0.191 e. The van der Waals surface area contributed by atoms with E-state index in [4.69, 9.17) is 4.74 Å². The normalized spacial score (nSPS) is 15.3. The third kappa shape index (κ3) is 5.99. The summed E-state index contributed by atoms with van der Waals surface area (Å²) in [5.41, 5.74) is 3.89. The van der Waals surface area contributed by atoms with Gasteiger partial charge >= 0.3 is 0 Å². The van der Waals surface area contributed by atoms with Crippen molar-refractivity contribution in [3.05, 3.63) is 65.2 Å². The van der Waals surface area contributed by atoms with Gasteiger partial charge in [-0.2, -0.15) is 0 Å². The molecule has 0 bridgehead atoms. The van der Waals surface area contributed by atoms with Gasteiger partial charge in [-0.1, -0.05) is 42.8 Å². The topological polar surface area (TPSA) is 48.9 Å². The first-order valence-electron chi connectivity index (χ1n) is 10.1. The molecule has 1 heterocycles. The van der Waals surface area contributed by atoms with Gasteiger partial charge in [-0.3, -0.25) is 9.89 Å². The zero-order valence-electron chi connectivity index (χ0n) is 17.1. The van der Waals surface area contributed by atoms with Crippen molar-refractivity contribution in [2.75, 3.05) is 27.2 Å². The summed E-state index contributed by atoms with van der Waals surface area (Å²) in [6.07, 6.45) is 4.01. The van der Waals surface area contributed by atoms with Crippen molar-refractivity contribution in [1.29, 1.82) is 0 Å². The van der Waals surface area contributed by atoms with Crippen molar-refractivity contribution in [1.82, 2.24) is 15.5 Å². The number of benzene rings is 2. The number of nitrogens with one attached hydrogen (secondary N) is 2. The van der Waals surface area contributed by atoms with E-state index < -0.39 is 0 Å². The molecule has 1 aliphatic rings. The predicted octanol–water partition coefficient (Wildman–Crippen LogP) is 3.55. The highest BCUT2D eigenvalue weighted by atomic mass is 16.5. The number of likely N-dealkylation sites (tertiary alicyclic amines) is 1. The molecule has 3 rings (SSSR count). The number of hydrogen-bond acceptors (Lipinski definition) is 3. The van der Waals surface area contributed by atoms with Crippen LogP contribution in [0.1, 0.15) is 36.0 Å². The Bertz CT molecular complexity index is 769. The van der Waals surface area contributed by atoms with Gasteiger partial charge in [-0.25, -0.2) is 0 Å². The fourth-order valence-corrected chi connectivity index (χ4v) is 3.61. The lowest BCUT2D eigenvalue weighted by Gasteiger charge is -2.27. The lowest BCUT2D eigenvalue weighted by Crippen LogP contribution is -2.36. The molecule has 150 valence electrons. The summed E-state index contributed by atoms with van der Waals surface area (Å²) in [4.78, 5) is 6.93. The smallest absolute Gasteiger partial charge is 0.191 e. The number of methoxy groups -OCH3 is 1. The monoisotopic (exact) mass is 380 g/mol. The van der Waals surface area contributed by atoms with Crippen LogP contribution in [0.25, 0.3) is 0 Å². The first-order valence-corrected chi connectivity index (χ1v) is 10.1. The minimum absolute atomic E-state index is 0.701. The Hall–Kier alpha value is -2.53. The Labute approximate surface area is 168 Å². The summed E-state index contributed by atoms with van der Waals surface area (Å²) < 4.78 is 5.29. The summed E-state index contributed by atoms with van der Waals surface area (Å²) in [6.45, 7) is 4.93. The lowest BCUT2D eigenvalue weighted by molar-refractivity contribution is 0.220.